The first-order valence-corrected chi connectivity index (χ1v) is 21.6. The van der Waals surface area contributed by atoms with Crippen LogP contribution >= 0.6 is 0 Å². The highest BCUT2D eigenvalue weighted by atomic mass is 16.6. The van der Waals surface area contributed by atoms with Crippen molar-refractivity contribution in [1.29, 1.82) is 0 Å². The van der Waals surface area contributed by atoms with Crippen LogP contribution in [-0.2, 0) is 42.6 Å². The second kappa shape index (κ2) is 30.7. The number of rotatable bonds is 35. The summed E-state index contributed by atoms with van der Waals surface area (Å²) < 4.78 is 73.1. The van der Waals surface area contributed by atoms with Crippen molar-refractivity contribution < 1.29 is 66.4 Å². The summed E-state index contributed by atoms with van der Waals surface area (Å²) in [6, 6.07) is 30.0. The quantitative estimate of drug-likeness (QED) is 0.0301. The van der Waals surface area contributed by atoms with Gasteiger partial charge in [0.05, 0.1) is 116 Å². The van der Waals surface area contributed by atoms with Crippen LogP contribution in [0.25, 0.3) is 11.4 Å². The molecule has 5 rings (SSSR count). The fraction of sp³-hybridized carbons (Fsp3) is 0.429. The second-order valence-corrected chi connectivity index (χ2v) is 13.9. The molecule has 0 saturated carbocycles. The zero-order valence-electron chi connectivity index (χ0n) is 37.6. The van der Waals surface area contributed by atoms with Crippen molar-refractivity contribution >= 4 is 23.2 Å². The van der Waals surface area contributed by atoms with Gasteiger partial charge in [0.15, 0.2) is 17.3 Å². The van der Waals surface area contributed by atoms with Crippen LogP contribution in [0.1, 0.15) is 27.0 Å². The molecule has 1 aliphatic rings. The van der Waals surface area contributed by atoms with Crippen molar-refractivity contribution in [2.75, 3.05) is 140 Å². The van der Waals surface area contributed by atoms with Gasteiger partial charge >= 0.3 is 5.97 Å². The third-order valence-corrected chi connectivity index (χ3v) is 9.19. The predicted molar refractivity (Wildman–Crippen MR) is 243 cm³/mol. The van der Waals surface area contributed by atoms with Gasteiger partial charge in [-0.3, -0.25) is 0 Å². The number of hydrogen-bond acceptors (Lipinski definition) is 15. The van der Waals surface area contributed by atoms with E-state index < -0.39 is 5.97 Å². The van der Waals surface area contributed by atoms with Crippen LogP contribution in [0, 0.1) is 0 Å². The van der Waals surface area contributed by atoms with E-state index in [-0.39, 0.29) is 62.5 Å². The van der Waals surface area contributed by atoms with Gasteiger partial charge in [0.1, 0.15) is 25.6 Å². The first kappa shape index (κ1) is 50.6. The summed E-state index contributed by atoms with van der Waals surface area (Å²) in [6.45, 7) is 6.38. The molecule has 0 fully saturated rings. The lowest BCUT2D eigenvalue weighted by atomic mass is 10.1. The predicted octanol–water partition coefficient (Wildman–Crippen LogP) is 5.97. The second-order valence-electron chi connectivity index (χ2n) is 13.9. The summed E-state index contributed by atoms with van der Waals surface area (Å²) in [5.41, 5.74) is 4.39. The van der Waals surface area contributed by atoms with Gasteiger partial charge in [-0.05, 0) is 36.4 Å². The maximum atomic E-state index is 13.9. The van der Waals surface area contributed by atoms with Crippen LogP contribution in [0.2, 0.25) is 0 Å². The van der Waals surface area contributed by atoms with Gasteiger partial charge in [0, 0.05) is 38.0 Å². The van der Waals surface area contributed by atoms with Gasteiger partial charge in [-0.15, -0.1) is 0 Å². The molecule has 0 unspecified atom stereocenters. The van der Waals surface area contributed by atoms with Crippen LogP contribution in [0.3, 0.4) is 0 Å². The first-order valence-electron chi connectivity index (χ1n) is 21.6. The maximum absolute atomic E-state index is 13.9. The van der Waals surface area contributed by atoms with E-state index >= 15 is 0 Å². The standard InChI is InChI=1S/C49H61N2O14/c1-53-18-21-56-24-27-59-30-33-62-43-36-41(37-44(63-34-31-60-28-25-57-22-19-54-2)47(43)64-35-32-61-29-26-58-23-20-55-3)49(52)65-42-16-14-40(15-17-42)48-50-45(38-10-6-4-7-11-38)46(51-48)39-12-8-5-9-13-39/h4-17,36-37H,18-35H2,1-3H3. The number of carbonyl (C=O) groups is 1. The maximum Gasteiger partial charge on any atom is 0.343 e. The topological polar surface area (TPSA) is 164 Å². The van der Waals surface area contributed by atoms with Gasteiger partial charge in [-0.25, -0.2) is 15.1 Å². The number of aliphatic imine (C=N–C) groups is 1. The number of carbonyl (C=O) groups excluding carboxylic acids is 1. The molecule has 65 heavy (non-hydrogen) atoms. The Labute approximate surface area is 381 Å². The Kier molecular flexibility index (Phi) is 23.9. The zero-order valence-corrected chi connectivity index (χ0v) is 37.6. The number of nitrogens with zero attached hydrogens (tertiary/aromatic N) is 2. The molecule has 351 valence electrons. The molecule has 0 saturated heterocycles. The third-order valence-electron chi connectivity index (χ3n) is 9.19. The van der Waals surface area contributed by atoms with Gasteiger partial charge in [-0.1, -0.05) is 60.7 Å². The van der Waals surface area contributed by atoms with E-state index in [4.69, 9.17) is 71.9 Å². The summed E-state index contributed by atoms with van der Waals surface area (Å²) in [6.07, 6.45) is 0. The van der Waals surface area contributed by atoms with Crippen molar-refractivity contribution in [1.82, 2.24) is 5.32 Å². The molecule has 1 heterocycles. The highest BCUT2D eigenvalue weighted by Gasteiger charge is 2.24. The van der Waals surface area contributed by atoms with E-state index in [2.05, 4.69) is 0 Å². The SMILES string of the molecule is COCCOCCOCCOc1cc(C(=O)Oc2ccc(C3=NC(c4ccccc4)=C(c4ccccc4)[N]3)cc2)cc(OCCOCCOCCOC)c1OCCOCCOCCOC. The molecule has 1 aliphatic heterocycles. The van der Waals surface area contributed by atoms with Crippen molar-refractivity contribution in [2.45, 2.75) is 0 Å². The van der Waals surface area contributed by atoms with Gasteiger partial charge in [0.25, 0.3) is 0 Å². The Morgan fingerprint density at radius 1 is 0.431 bits per heavy atom. The summed E-state index contributed by atoms with van der Waals surface area (Å²) in [5, 5.41) is 4.94. The summed E-state index contributed by atoms with van der Waals surface area (Å²) in [4.78, 5) is 18.8. The molecule has 0 amide bonds. The monoisotopic (exact) mass is 901 g/mol. The fourth-order valence-corrected chi connectivity index (χ4v) is 5.97. The lowest BCUT2D eigenvalue weighted by Crippen LogP contribution is -2.16. The summed E-state index contributed by atoms with van der Waals surface area (Å²) in [7, 11) is 4.85. The molecule has 1 radical (unpaired) electrons. The van der Waals surface area contributed by atoms with Gasteiger partial charge < -0.3 is 61.6 Å². The van der Waals surface area contributed by atoms with Crippen molar-refractivity contribution in [3.05, 3.63) is 119 Å². The number of amidine groups is 1. The van der Waals surface area contributed by atoms with Crippen LogP contribution in [0.15, 0.2) is 102 Å². The number of ether oxygens (including phenoxy) is 13. The number of hydrogen-bond donors (Lipinski definition) is 0. The average Bonchev–Trinajstić information content (AvgIpc) is 3.79. The van der Waals surface area contributed by atoms with Gasteiger partial charge in [-0.2, -0.15) is 0 Å². The third kappa shape index (κ3) is 18.2. The molecule has 4 aromatic rings. The molecular weight excluding hydrogens is 841 g/mol. The highest BCUT2D eigenvalue weighted by molar-refractivity contribution is 6.14. The van der Waals surface area contributed by atoms with Crippen LogP contribution in [-0.4, -0.2) is 152 Å². The molecule has 0 N–H and O–H groups in total. The smallest absolute Gasteiger partial charge is 0.343 e. The Morgan fingerprint density at radius 2 is 0.831 bits per heavy atom. The average molecular weight is 902 g/mol. The van der Waals surface area contributed by atoms with E-state index in [1.807, 2.05) is 72.8 Å². The Bertz CT molecular complexity index is 1950. The fourth-order valence-electron chi connectivity index (χ4n) is 5.97. The van der Waals surface area contributed by atoms with Crippen LogP contribution < -0.4 is 24.3 Å². The van der Waals surface area contributed by atoms with E-state index in [1.54, 1.807) is 45.6 Å². The van der Waals surface area contributed by atoms with Crippen molar-refractivity contribution in [3.8, 4) is 23.0 Å². The Balaban J connectivity index is 1.29. The van der Waals surface area contributed by atoms with E-state index in [0.29, 0.717) is 90.9 Å². The van der Waals surface area contributed by atoms with Crippen LogP contribution in [0.5, 0.6) is 23.0 Å². The van der Waals surface area contributed by atoms with E-state index in [9.17, 15) is 4.79 Å². The number of esters is 1. The lowest BCUT2D eigenvalue weighted by Gasteiger charge is -2.19. The minimum Gasteiger partial charge on any atom is -0.487 e. The summed E-state index contributed by atoms with van der Waals surface area (Å²) in [5.74, 6) is 0.982. The normalized spacial score (nSPS) is 12.3. The molecule has 16 nitrogen and oxygen atoms in total. The molecule has 0 spiro atoms. The lowest BCUT2D eigenvalue weighted by molar-refractivity contribution is 0.0146. The minimum absolute atomic E-state index is 0.136. The number of benzene rings is 4. The van der Waals surface area contributed by atoms with E-state index in [0.717, 1.165) is 28.1 Å². The molecule has 0 bridgehead atoms. The molecule has 0 atom stereocenters. The molecule has 0 aromatic heterocycles. The van der Waals surface area contributed by atoms with Crippen molar-refractivity contribution in [2.24, 2.45) is 4.99 Å². The zero-order chi connectivity index (χ0) is 45.6. The molecule has 4 aromatic carbocycles. The largest absolute Gasteiger partial charge is 0.487 e. The molecular formula is C49H61N2O14. The summed E-state index contributed by atoms with van der Waals surface area (Å²) >= 11 is 0. The van der Waals surface area contributed by atoms with Crippen LogP contribution in [0.4, 0.5) is 0 Å². The minimum atomic E-state index is -0.646. The molecule has 0 aliphatic carbocycles. The van der Waals surface area contributed by atoms with E-state index in [1.165, 1.54) is 0 Å². The Morgan fingerprint density at radius 3 is 1.28 bits per heavy atom. The highest BCUT2D eigenvalue weighted by Crippen LogP contribution is 2.40. The van der Waals surface area contributed by atoms with Crippen molar-refractivity contribution in [3.63, 3.8) is 0 Å². The molecule has 16 heteroatoms. The number of methoxy groups -OCH3 is 3. The van der Waals surface area contributed by atoms with Gasteiger partial charge in [0.2, 0.25) is 5.75 Å². The first-order chi connectivity index (χ1) is 32.1. The Hall–Kier alpha value is -5.40.